The zero-order chi connectivity index (χ0) is 19.0. The summed E-state index contributed by atoms with van der Waals surface area (Å²) in [5.41, 5.74) is 4.20. The number of anilines is 1. The number of benzene rings is 1. The summed E-state index contributed by atoms with van der Waals surface area (Å²) >= 11 is 7.54. The summed E-state index contributed by atoms with van der Waals surface area (Å²) in [7, 11) is 0. The molecule has 1 N–H and O–H groups in total. The van der Waals surface area contributed by atoms with Crippen LogP contribution in [0.15, 0.2) is 52.4 Å². The molecule has 0 bridgehead atoms. The number of halogens is 1. The van der Waals surface area contributed by atoms with Crippen LogP contribution in [0.3, 0.4) is 0 Å². The highest BCUT2D eigenvalue weighted by Gasteiger charge is 2.21. The van der Waals surface area contributed by atoms with Gasteiger partial charge < -0.3 is 9.73 Å². The van der Waals surface area contributed by atoms with E-state index in [2.05, 4.69) is 15.5 Å². The molecule has 8 heteroatoms. The van der Waals surface area contributed by atoms with Gasteiger partial charge in [-0.2, -0.15) is 0 Å². The number of aromatic nitrogens is 3. The zero-order valence-electron chi connectivity index (χ0n) is 14.8. The van der Waals surface area contributed by atoms with Crippen molar-refractivity contribution >= 4 is 51.6 Å². The first-order chi connectivity index (χ1) is 13.1. The van der Waals surface area contributed by atoms with E-state index in [0.29, 0.717) is 22.2 Å². The lowest BCUT2D eigenvalue weighted by molar-refractivity contribution is -0.115. The van der Waals surface area contributed by atoms with E-state index in [9.17, 15) is 4.79 Å². The Labute approximate surface area is 164 Å². The minimum atomic E-state index is -0.313. The van der Waals surface area contributed by atoms with Crippen molar-refractivity contribution in [3.63, 3.8) is 0 Å². The van der Waals surface area contributed by atoms with Gasteiger partial charge in [-0.05, 0) is 31.0 Å². The SMILES string of the molecule is CCC(Sc1nncn2c1cc1occc12)C(=O)Nc1ccc(C)c(Cl)c1. The predicted molar refractivity (Wildman–Crippen MR) is 108 cm³/mol. The average molecular weight is 401 g/mol. The highest BCUT2D eigenvalue weighted by atomic mass is 35.5. The standard InChI is InChI=1S/C19H17ClN4O2S/c1-3-17(18(25)22-12-5-4-11(2)13(20)8-12)27-19-15-9-16-14(6-7-26-16)24(15)10-21-23-19/h4-10,17H,3H2,1-2H3,(H,22,25). The summed E-state index contributed by atoms with van der Waals surface area (Å²) < 4.78 is 7.37. The number of hydrogen-bond donors (Lipinski definition) is 1. The molecular weight excluding hydrogens is 384 g/mol. The van der Waals surface area contributed by atoms with Crippen LogP contribution in [0.1, 0.15) is 18.9 Å². The smallest absolute Gasteiger partial charge is 0.237 e. The lowest BCUT2D eigenvalue weighted by Crippen LogP contribution is -2.24. The predicted octanol–water partition coefficient (Wildman–Crippen LogP) is 4.95. The number of carbonyl (C=O) groups is 1. The first kappa shape index (κ1) is 17.9. The normalized spacial score (nSPS) is 12.6. The number of thioether (sulfide) groups is 1. The third-order valence-corrected chi connectivity index (χ3v) is 6.10. The second-order valence-electron chi connectivity index (χ2n) is 6.17. The van der Waals surface area contributed by atoms with Gasteiger partial charge >= 0.3 is 0 Å². The number of rotatable bonds is 5. The Morgan fingerprint density at radius 3 is 2.96 bits per heavy atom. The number of amides is 1. The molecular formula is C19H17ClN4O2S. The summed E-state index contributed by atoms with van der Waals surface area (Å²) in [6.45, 7) is 3.89. The molecule has 6 nitrogen and oxygen atoms in total. The number of nitrogens with zero attached hydrogens (tertiary/aromatic N) is 3. The van der Waals surface area contributed by atoms with Gasteiger partial charge in [0.25, 0.3) is 0 Å². The molecule has 0 saturated carbocycles. The van der Waals surface area contributed by atoms with Crippen molar-refractivity contribution in [3.05, 3.63) is 53.5 Å². The molecule has 27 heavy (non-hydrogen) atoms. The van der Waals surface area contributed by atoms with Crippen LogP contribution in [0, 0.1) is 6.92 Å². The fourth-order valence-corrected chi connectivity index (χ4v) is 4.00. The molecule has 0 aliphatic heterocycles. The van der Waals surface area contributed by atoms with Gasteiger partial charge in [-0.25, -0.2) is 0 Å². The average Bonchev–Trinajstić information content (AvgIpc) is 3.24. The van der Waals surface area contributed by atoms with Crippen LogP contribution in [0.5, 0.6) is 0 Å². The summed E-state index contributed by atoms with van der Waals surface area (Å²) in [6, 6.07) is 9.28. The summed E-state index contributed by atoms with van der Waals surface area (Å²) in [5.74, 6) is -0.0959. The van der Waals surface area contributed by atoms with Crippen molar-refractivity contribution in [3.8, 4) is 0 Å². The molecule has 1 amide bonds. The number of carbonyl (C=O) groups excluding carboxylic acids is 1. The number of nitrogens with one attached hydrogen (secondary N) is 1. The van der Waals surface area contributed by atoms with Gasteiger partial charge in [0.05, 0.1) is 22.5 Å². The molecule has 3 heterocycles. The maximum Gasteiger partial charge on any atom is 0.237 e. The molecule has 0 aliphatic rings. The van der Waals surface area contributed by atoms with Crippen molar-refractivity contribution in [1.82, 2.24) is 14.6 Å². The van der Waals surface area contributed by atoms with E-state index in [4.69, 9.17) is 16.0 Å². The van der Waals surface area contributed by atoms with Crippen LogP contribution in [0.2, 0.25) is 5.02 Å². The van der Waals surface area contributed by atoms with Gasteiger partial charge in [0.1, 0.15) is 11.4 Å². The minimum absolute atomic E-state index is 0.0959. The van der Waals surface area contributed by atoms with E-state index in [1.165, 1.54) is 11.8 Å². The molecule has 138 valence electrons. The first-order valence-corrected chi connectivity index (χ1v) is 9.76. The lowest BCUT2D eigenvalue weighted by atomic mass is 10.2. The number of hydrogen-bond acceptors (Lipinski definition) is 5. The van der Waals surface area contributed by atoms with E-state index in [1.807, 2.05) is 42.5 Å². The number of furan rings is 1. The molecule has 0 spiro atoms. The van der Waals surface area contributed by atoms with Crippen molar-refractivity contribution in [2.45, 2.75) is 30.5 Å². The Balaban J connectivity index is 1.58. The highest BCUT2D eigenvalue weighted by molar-refractivity contribution is 8.00. The third-order valence-electron chi connectivity index (χ3n) is 4.35. The van der Waals surface area contributed by atoms with E-state index >= 15 is 0 Å². The van der Waals surface area contributed by atoms with Crippen LogP contribution in [-0.4, -0.2) is 25.8 Å². The summed E-state index contributed by atoms with van der Waals surface area (Å²) in [6.07, 6.45) is 3.93. The van der Waals surface area contributed by atoms with Gasteiger partial charge in [-0.1, -0.05) is 36.4 Å². The summed E-state index contributed by atoms with van der Waals surface area (Å²) in [5, 5.41) is 12.2. The molecule has 4 aromatic rings. The van der Waals surface area contributed by atoms with Gasteiger partial charge in [0.2, 0.25) is 5.91 Å². The Bertz CT molecular complexity index is 1140. The van der Waals surface area contributed by atoms with Gasteiger partial charge in [0.15, 0.2) is 5.58 Å². The molecule has 1 atom stereocenters. The molecule has 0 saturated heterocycles. The van der Waals surface area contributed by atoms with E-state index in [0.717, 1.165) is 22.2 Å². The van der Waals surface area contributed by atoms with Crippen LogP contribution >= 0.6 is 23.4 Å². The van der Waals surface area contributed by atoms with Crippen molar-refractivity contribution < 1.29 is 9.21 Å². The van der Waals surface area contributed by atoms with Gasteiger partial charge in [-0.15, -0.1) is 10.2 Å². The molecule has 0 aliphatic carbocycles. The van der Waals surface area contributed by atoms with E-state index < -0.39 is 0 Å². The van der Waals surface area contributed by atoms with E-state index in [-0.39, 0.29) is 11.2 Å². The topological polar surface area (TPSA) is 72.4 Å². The zero-order valence-corrected chi connectivity index (χ0v) is 16.3. The van der Waals surface area contributed by atoms with Crippen molar-refractivity contribution in [1.29, 1.82) is 0 Å². The maximum atomic E-state index is 12.8. The van der Waals surface area contributed by atoms with Gasteiger partial charge in [0, 0.05) is 22.8 Å². The Morgan fingerprint density at radius 2 is 2.19 bits per heavy atom. The quantitative estimate of drug-likeness (QED) is 0.480. The Hall–Kier alpha value is -2.51. The first-order valence-electron chi connectivity index (χ1n) is 8.50. The Morgan fingerprint density at radius 1 is 1.33 bits per heavy atom. The van der Waals surface area contributed by atoms with Crippen molar-refractivity contribution in [2.24, 2.45) is 0 Å². The highest BCUT2D eigenvalue weighted by Crippen LogP contribution is 2.31. The van der Waals surface area contributed by atoms with Crippen LogP contribution in [-0.2, 0) is 4.79 Å². The monoisotopic (exact) mass is 400 g/mol. The largest absolute Gasteiger partial charge is 0.463 e. The maximum absolute atomic E-state index is 12.8. The van der Waals surface area contributed by atoms with Crippen LogP contribution < -0.4 is 5.32 Å². The van der Waals surface area contributed by atoms with Crippen molar-refractivity contribution in [2.75, 3.05) is 5.32 Å². The molecule has 1 unspecified atom stereocenters. The van der Waals surface area contributed by atoms with E-state index in [1.54, 1.807) is 18.7 Å². The molecule has 1 aromatic carbocycles. The third kappa shape index (κ3) is 3.40. The number of fused-ring (bicyclic) bond motifs is 3. The van der Waals surface area contributed by atoms with Gasteiger partial charge in [-0.3, -0.25) is 9.20 Å². The fraction of sp³-hybridized carbons (Fsp3) is 0.211. The minimum Gasteiger partial charge on any atom is -0.463 e. The second-order valence-corrected chi connectivity index (χ2v) is 7.77. The lowest BCUT2D eigenvalue weighted by Gasteiger charge is -2.15. The molecule has 3 aromatic heterocycles. The molecule has 4 rings (SSSR count). The van der Waals surface area contributed by atoms with Crippen LogP contribution in [0.4, 0.5) is 5.69 Å². The molecule has 0 fully saturated rings. The summed E-state index contributed by atoms with van der Waals surface area (Å²) in [4.78, 5) is 12.8. The molecule has 0 radical (unpaired) electrons. The number of aryl methyl sites for hydroxylation is 1. The second kappa shape index (κ2) is 7.25. The van der Waals surface area contributed by atoms with Crippen LogP contribution in [0.25, 0.3) is 16.6 Å². The Kier molecular flexibility index (Phi) is 4.80. The fourth-order valence-electron chi connectivity index (χ4n) is 2.85.